The minimum atomic E-state index is -4.15. The number of anilines is 1. The number of amides is 2. The molecule has 1 rings (SSSR count). The maximum Gasteiger partial charge on any atom is 0.313 e. The quantitative estimate of drug-likeness (QED) is 0.181. The normalized spacial score (nSPS) is 10.9. The molecule has 2 amide bonds. The summed E-state index contributed by atoms with van der Waals surface area (Å²) in [5.41, 5.74) is 6.07. The van der Waals surface area contributed by atoms with Crippen molar-refractivity contribution >= 4 is 27.4 Å². The molecule has 0 radical (unpaired) electrons. The molecule has 0 saturated carbocycles. The second kappa shape index (κ2) is 6.83. The molecule has 1 aromatic rings. The highest BCUT2D eigenvalue weighted by Gasteiger charge is 2.28. The van der Waals surface area contributed by atoms with Crippen molar-refractivity contribution in [2.75, 3.05) is 18.5 Å². The SMILES string of the molecule is NNc1cccc(S(=O)(=O)NCCNC(N)=O)c1[N+](=O)[O-]. The monoisotopic (exact) mass is 318 g/mol. The summed E-state index contributed by atoms with van der Waals surface area (Å²) < 4.78 is 26.2. The van der Waals surface area contributed by atoms with Crippen molar-refractivity contribution in [3.63, 3.8) is 0 Å². The number of nitrogens with one attached hydrogen (secondary N) is 3. The summed E-state index contributed by atoms with van der Waals surface area (Å²) in [6, 6.07) is 2.84. The van der Waals surface area contributed by atoms with Crippen molar-refractivity contribution in [2.24, 2.45) is 11.6 Å². The van der Waals surface area contributed by atoms with E-state index in [1.54, 1.807) is 0 Å². The van der Waals surface area contributed by atoms with Crippen LogP contribution in [0.4, 0.5) is 16.2 Å². The number of sulfonamides is 1. The number of nitrogen functional groups attached to an aromatic ring is 1. The predicted octanol–water partition coefficient (Wildman–Crippen LogP) is -1.17. The van der Waals surface area contributed by atoms with Gasteiger partial charge in [0, 0.05) is 13.1 Å². The number of primary amides is 1. The summed E-state index contributed by atoms with van der Waals surface area (Å²) in [4.78, 5) is 20.1. The summed E-state index contributed by atoms with van der Waals surface area (Å²) in [6.45, 7) is -0.236. The van der Waals surface area contributed by atoms with Gasteiger partial charge in [-0.15, -0.1) is 0 Å². The zero-order valence-corrected chi connectivity index (χ0v) is 11.5. The Morgan fingerprint density at radius 2 is 2.00 bits per heavy atom. The number of nitro groups is 1. The molecular weight excluding hydrogens is 304 g/mol. The summed E-state index contributed by atoms with van der Waals surface area (Å²) in [5, 5.41) is 13.2. The average molecular weight is 318 g/mol. The molecule has 1 aromatic carbocycles. The first-order chi connectivity index (χ1) is 9.79. The third-order valence-corrected chi connectivity index (χ3v) is 3.84. The van der Waals surface area contributed by atoms with Crippen LogP contribution >= 0.6 is 0 Å². The molecule has 0 heterocycles. The van der Waals surface area contributed by atoms with E-state index in [1.165, 1.54) is 12.1 Å². The fraction of sp³-hybridized carbons (Fsp3) is 0.222. The molecule has 0 aromatic heterocycles. The van der Waals surface area contributed by atoms with Gasteiger partial charge in [0.1, 0.15) is 5.69 Å². The van der Waals surface area contributed by atoms with Crippen LogP contribution in [-0.2, 0) is 10.0 Å². The van der Waals surface area contributed by atoms with Crippen LogP contribution in [0.5, 0.6) is 0 Å². The summed E-state index contributed by atoms with van der Waals surface area (Å²) in [7, 11) is -4.15. The molecule has 0 fully saturated rings. The lowest BCUT2D eigenvalue weighted by molar-refractivity contribution is -0.386. The topological polar surface area (TPSA) is 182 Å². The number of para-hydroxylation sites is 1. The van der Waals surface area contributed by atoms with Crippen LogP contribution in [0, 0.1) is 10.1 Å². The van der Waals surface area contributed by atoms with Crippen molar-refractivity contribution in [1.82, 2.24) is 10.0 Å². The van der Waals surface area contributed by atoms with Crippen LogP contribution in [0.2, 0.25) is 0 Å². The Bertz CT molecular complexity index is 646. The lowest BCUT2D eigenvalue weighted by atomic mass is 10.3. The molecule has 0 aliphatic rings. The van der Waals surface area contributed by atoms with Gasteiger partial charge in [-0.3, -0.25) is 16.0 Å². The van der Waals surface area contributed by atoms with E-state index in [0.717, 1.165) is 6.07 Å². The van der Waals surface area contributed by atoms with Gasteiger partial charge in [0.2, 0.25) is 10.0 Å². The number of hydrazine groups is 1. The summed E-state index contributed by atoms with van der Waals surface area (Å²) in [6.07, 6.45) is 0. The molecule has 0 unspecified atom stereocenters. The zero-order valence-electron chi connectivity index (χ0n) is 10.7. The number of benzene rings is 1. The third-order valence-electron chi connectivity index (χ3n) is 2.34. The molecule has 0 bridgehead atoms. The molecule has 11 nitrogen and oxygen atoms in total. The van der Waals surface area contributed by atoms with Gasteiger partial charge in [-0.2, -0.15) is 0 Å². The van der Waals surface area contributed by atoms with Crippen molar-refractivity contribution in [1.29, 1.82) is 0 Å². The molecule has 0 atom stereocenters. The number of nitrogens with zero attached hydrogens (tertiary/aromatic N) is 1. The smallest absolute Gasteiger partial charge is 0.313 e. The lowest BCUT2D eigenvalue weighted by Crippen LogP contribution is -2.37. The maximum absolute atomic E-state index is 12.0. The molecular formula is C9H14N6O5S. The van der Waals surface area contributed by atoms with Gasteiger partial charge in [-0.1, -0.05) is 6.07 Å². The average Bonchev–Trinajstić information content (AvgIpc) is 2.42. The van der Waals surface area contributed by atoms with Crippen LogP contribution in [0.1, 0.15) is 0 Å². The number of nitro benzene ring substituents is 1. The van der Waals surface area contributed by atoms with Gasteiger partial charge in [0.15, 0.2) is 4.90 Å². The maximum atomic E-state index is 12.0. The van der Waals surface area contributed by atoms with Crippen LogP contribution in [0.3, 0.4) is 0 Å². The molecule has 0 saturated heterocycles. The van der Waals surface area contributed by atoms with E-state index in [-0.39, 0.29) is 18.8 Å². The van der Waals surface area contributed by atoms with E-state index in [0.29, 0.717) is 0 Å². The molecule has 7 N–H and O–H groups in total. The van der Waals surface area contributed by atoms with Gasteiger partial charge < -0.3 is 16.5 Å². The zero-order chi connectivity index (χ0) is 16.0. The highest BCUT2D eigenvalue weighted by molar-refractivity contribution is 7.89. The first-order valence-electron chi connectivity index (χ1n) is 5.56. The van der Waals surface area contributed by atoms with Gasteiger partial charge in [-0.05, 0) is 12.1 Å². The van der Waals surface area contributed by atoms with E-state index < -0.39 is 31.6 Å². The minimum absolute atomic E-state index is 0.0583. The third kappa shape index (κ3) is 4.27. The first-order valence-corrected chi connectivity index (χ1v) is 7.05. The Hall–Kier alpha value is -2.44. The second-order valence-corrected chi connectivity index (χ2v) is 5.48. The Morgan fingerprint density at radius 1 is 1.33 bits per heavy atom. The molecule has 0 aliphatic carbocycles. The van der Waals surface area contributed by atoms with Crippen LogP contribution in [0.15, 0.2) is 23.1 Å². The Kier molecular flexibility index (Phi) is 5.40. The van der Waals surface area contributed by atoms with E-state index >= 15 is 0 Å². The van der Waals surface area contributed by atoms with Crippen LogP contribution in [-0.4, -0.2) is 32.5 Å². The molecule has 0 spiro atoms. The van der Waals surface area contributed by atoms with Gasteiger partial charge in [0.25, 0.3) is 0 Å². The Labute approximate surface area is 119 Å². The van der Waals surface area contributed by atoms with Gasteiger partial charge in [0.05, 0.1) is 4.92 Å². The van der Waals surface area contributed by atoms with Crippen molar-refractivity contribution < 1.29 is 18.1 Å². The van der Waals surface area contributed by atoms with Crippen LogP contribution < -0.4 is 27.0 Å². The van der Waals surface area contributed by atoms with E-state index in [9.17, 15) is 23.3 Å². The second-order valence-electron chi connectivity index (χ2n) is 3.74. The van der Waals surface area contributed by atoms with E-state index in [2.05, 4.69) is 15.5 Å². The highest BCUT2D eigenvalue weighted by Crippen LogP contribution is 2.30. The number of rotatable bonds is 7. The van der Waals surface area contributed by atoms with Crippen molar-refractivity contribution in [2.45, 2.75) is 4.90 Å². The standard InChI is InChI=1S/C9H14N6O5S/c10-9(16)12-4-5-13-21(19,20)7-3-1-2-6(14-11)8(7)15(17)18/h1-3,13-14H,4-5,11H2,(H3,10,12,16). The fourth-order valence-corrected chi connectivity index (χ4v) is 2.72. The lowest BCUT2D eigenvalue weighted by Gasteiger charge is -2.09. The Morgan fingerprint density at radius 3 is 2.52 bits per heavy atom. The number of hydrogen-bond acceptors (Lipinski definition) is 7. The van der Waals surface area contributed by atoms with Gasteiger partial charge in [-0.25, -0.2) is 17.9 Å². The predicted molar refractivity (Wildman–Crippen MR) is 73.7 cm³/mol. The summed E-state index contributed by atoms with van der Waals surface area (Å²) in [5.74, 6) is 5.12. The molecule has 21 heavy (non-hydrogen) atoms. The van der Waals surface area contributed by atoms with Crippen LogP contribution in [0.25, 0.3) is 0 Å². The minimum Gasteiger partial charge on any atom is -0.352 e. The molecule has 0 aliphatic heterocycles. The summed E-state index contributed by atoms with van der Waals surface area (Å²) >= 11 is 0. The van der Waals surface area contributed by atoms with Crippen molar-refractivity contribution in [3.05, 3.63) is 28.3 Å². The van der Waals surface area contributed by atoms with Crippen molar-refractivity contribution in [3.8, 4) is 0 Å². The Balaban J connectivity index is 3.03. The number of urea groups is 1. The number of carbonyl (C=O) groups excluding carboxylic acids is 1. The van der Waals surface area contributed by atoms with Gasteiger partial charge >= 0.3 is 11.7 Å². The van der Waals surface area contributed by atoms with E-state index in [4.69, 9.17) is 11.6 Å². The number of hydrogen-bond donors (Lipinski definition) is 5. The largest absolute Gasteiger partial charge is 0.352 e. The molecule has 116 valence electrons. The molecule has 12 heteroatoms. The van der Waals surface area contributed by atoms with E-state index in [1.807, 2.05) is 0 Å². The highest BCUT2D eigenvalue weighted by atomic mass is 32.2. The fourth-order valence-electron chi connectivity index (χ4n) is 1.49. The number of carbonyl (C=O) groups is 1. The first kappa shape index (κ1) is 16.6. The number of nitrogens with two attached hydrogens (primary N) is 2.